The van der Waals surface area contributed by atoms with Crippen molar-refractivity contribution in [2.24, 2.45) is 0 Å². The molecule has 1 aliphatic carbocycles. The Morgan fingerprint density at radius 3 is 2.95 bits per heavy atom. The minimum atomic E-state index is 0.403. The van der Waals surface area contributed by atoms with E-state index in [1.807, 2.05) is 23.1 Å². The smallest absolute Gasteiger partial charge is 0.139 e. The maximum atomic E-state index is 5.89. The summed E-state index contributed by atoms with van der Waals surface area (Å²) >= 11 is 0. The van der Waals surface area contributed by atoms with Crippen molar-refractivity contribution in [1.29, 1.82) is 0 Å². The van der Waals surface area contributed by atoms with E-state index >= 15 is 0 Å². The number of hydrogen-bond acceptors (Lipinski definition) is 4. The van der Waals surface area contributed by atoms with Gasteiger partial charge in [0.1, 0.15) is 13.1 Å². The Bertz CT molecular complexity index is 505. The van der Waals surface area contributed by atoms with Crippen molar-refractivity contribution in [2.75, 3.05) is 0 Å². The molecule has 0 atom stereocenters. The van der Waals surface area contributed by atoms with Crippen LogP contribution in [0.25, 0.3) is 11.3 Å². The zero-order valence-corrected chi connectivity index (χ0v) is 10.9. The highest BCUT2D eigenvalue weighted by Gasteiger charge is 2.13. The number of aromatic nitrogens is 4. The van der Waals surface area contributed by atoms with Gasteiger partial charge in [-0.3, -0.25) is 0 Å². The van der Waals surface area contributed by atoms with Crippen molar-refractivity contribution in [2.45, 2.75) is 44.9 Å². The van der Waals surface area contributed by atoms with Gasteiger partial charge in [-0.1, -0.05) is 19.3 Å². The standard InChI is InChI=1S/C14H18N4O/c1-2-4-13(5-3-1)19-11-18-9-12(8-17-18)14-6-7-15-10-16-14/h6-10,13H,1-5,11H2. The molecule has 1 aliphatic rings. The predicted octanol–water partition coefficient (Wildman–Crippen LogP) is 2.65. The fourth-order valence-corrected chi connectivity index (χ4v) is 2.44. The molecule has 1 fully saturated rings. The molecular weight excluding hydrogens is 240 g/mol. The van der Waals surface area contributed by atoms with Crippen molar-refractivity contribution in [1.82, 2.24) is 19.7 Å². The van der Waals surface area contributed by atoms with E-state index in [-0.39, 0.29) is 0 Å². The summed E-state index contributed by atoms with van der Waals surface area (Å²) in [5, 5.41) is 4.31. The first-order chi connectivity index (χ1) is 9.42. The van der Waals surface area contributed by atoms with Crippen molar-refractivity contribution >= 4 is 0 Å². The average Bonchev–Trinajstić information content (AvgIpc) is 2.96. The van der Waals surface area contributed by atoms with Crippen molar-refractivity contribution in [3.8, 4) is 11.3 Å². The molecule has 100 valence electrons. The molecule has 0 N–H and O–H groups in total. The SMILES string of the molecule is c1cc(-c2cnn(COC3CCCCC3)c2)ncn1. The second-order valence-corrected chi connectivity index (χ2v) is 4.92. The highest BCUT2D eigenvalue weighted by Crippen LogP contribution is 2.21. The summed E-state index contributed by atoms with van der Waals surface area (Å²) in [7, 11) is 0. The van der Waals surface area contributed by atoms with Crippen molar-refractivity contribution in [3.63, 3.8) is 0 Å². The molecule has 0 amide bonds. The van der Waals surface area contributed by atoms with Crippen LogP contribution in [0, 0.1) is 0 Å². The van der Waals surface area contributed by atoms with E-state index in [9.17, 15) is 0 Å². The largest absolute Gasteiger partial charge is 0.356 e. The number of rotatable bonds is 4. The molecule has 0 aromatic carbocycles. The van der Waals surface area contributed by atoms with Gasteiger partial charge in [0.05, 0.1) is 18.0 Å². The van der Waals surface area contributed by atoms with Gasteiger partial charge in [-0.05, 0) is 18.9 Å². The summed E-state index contributed by atoms with van der Waals surface area (Å²) in [5.74, 6) is 0. The molecule has 5 heteroatoms. The van der Waals surface area contributed by atoms with E-state index in [4.69, 9.17) is 4.74 Å². The van der Waals surface area contributed by atoms with Gasteiger partial charge in [0.25, 0.3) is 0 Å². The molecule has 0 bridgehead atoms. The molecular formula is C14H18N4O. The summed E-state index contributed by atoms with van der Waals surface area (Å²) in [6.07, 6.45) is 13.7. The Morgan fingerprint density at radius 2 is 2.16 bits per heavy atom. The summed E-state index contributed by atoms with van der Waals surface area (Å²) < 4.78 is 7.71. The lowest BCUT2D eigenvalue weighted by Crippen LogP contribution is -2.18. The lowest BCUT2D eigenvalue weighted by atomic mass is 9.98. The van der Waals surface area contributed by atoms with E-state index in [1.54, 1.807) is 12.5 Å². The zero-order chi connectivity index (χ0) is 12.9. The van der Waals surface area contributed by atoms with Gasteiger partial charge in [0.2, 0.25) is 0 Å². The van der Waals surface area contributed by atoms with Crippen LogP contribution in [0.1, 0.15) is 32.1 Å². The molecule has 0 radical (unpaired) electrons. The van der Waals surface area contributed by atoms with E-state index in [0.717, 1.165) is 11.3 Å². The fraction of sp³-hybridized carbons (Fsp3) is 0.500. The molecule has 0 saturated heterocycles. The predicted molar refractivity (Wildman–Crippen MR) is 71.2 cm³/mol. The summed E-state index contributed by atoms with van der Waals surface area (Å²) in [4.78, 5) is 8.12. The zero-order valence-electron chi connectivity index (χ0n) is 10.9. The fourth-order valence-electron chi connectivity index (χ4n) is 2.44. The molecule has 0 aliphatic heterocycles. The molecule has 2 aromatic heterocycles. The quantitative estimate of drug-likeness (QED) is 0.846. The monoisotopic (exact) mass is 258 g/mol. The minimum Gasteiger partial charge on any atom is -0.356 e. The molecule has 2 heterocycles. The normalized spacial score (nSPS) is 16.6. The lowest BCUT2D eigenvalue weighted by Gasteiger charge is -2.21. The third kappa shape index (κ3) is 3.17. The number of ether oxygens (including phenoxy) is 1. The van der Waals surface area contributed by atoms with E-state index < -0.39 is 0 Å². The van der Waals surface area contributed by atoms with E-state index in [2.05, 4.69) is 15.1 Å². The molecule has 1 saturated carbocycles. The molecule has 3 rings (SSSR count). The van der Waals surface area contributed by atoms with Gasteiger partial charge in [-0.2, -0.15) is 5.10 Å². The van der Waals surface area contributed by atoms with Crippen molar-refractivity contribution < 1.29 is 4.74 Å². The molecule has 0 spiro atoms. The second kappa shape index (κ2) is 5.93. The van der Waals surface area contributed by atoms with Crippen molar-refractivity contribution in [3.05, 3.63) is 31.0 Å². The Labute approximate surface area is 112 Å². The maximum absolute atomic E-state index is 5.89. The Hall–Kier alpha value is -1.75. The molecule has 2 aromatic rings. The highest BCUT2D eigenvalue weighted by molar-refractivity contribution is 5.55. The highest BCUT2D eigenvalue weighted by atomic mass is 16.5. The minimum absolute atomic E-state index is 0.403. The Balaban J connectivity index is 1.59. The van der Waals surface area contributed by atoms with Crippen LogP contribution >= 0.6 is 0 Å². The lowest BCUT2D eigenvalue weighted by molar-refractivity contribution is -0.0177. The summed E-state index contributed by atoms with van der Waals surface area (Å²) in [6, 6.07) is 1.88. The molecule has 0 unspecified atom stereocenters. The van der Waals surface area contributed by atoms with Gasteiger partial charge in [-0.15, -0.1) is 0 Å². The van der Waals surface area contributed by atoms with Crippen LogP contribution < -0.4 is 0 Å². The molecule has 19 heavy (non-hydrogen) atoms. The first-order valence-corrected chi connectivity index (χ1v) is 6.82. The van der Waals surface area contributed by atoms with Gasteiger partial charge in [-0.25, -0.2) is 14.6 Å². The third-order valence-corrected chi connectivity index (χ3v) is 3.51. The first-order valence-electron chi connectivity index (χ1n) is 6.82. The number of hydrogen-bond donors (Lipinski definition) is 0. The third-order valence-electron chi connectivity index (χ3n) is 3.51. The van der Waals surface area contributed by atoms with E-state index in [1.165, 1.54) is 32.1 Å². The second-order valence-electron chi connectivity index (χ2n) is 4.92. The van der Waals surface area contributed by atoms with Gasteiger partial charge < -0.3 is 4.74 Å². The van der Waals surface area contributed by atoms with E-state index in [0.29, 0.717) is 12.8 Å². The maximum Gasteiger partial charge on any atom is 0.139 e. The van der Waals surface area contributed by atoms with Gasteiger partial charge in [0.15, 0.2) is 0 Å². The van der Waals surface area contributed by atoms with Gasteiger partial charge >= 0.3 is 0 Å². The first kappa shape index (κ1) is 12.3. The van der Waals surface area contributed by atoms with Crippen LogP contribution in [0.4, 0.5) is 0 Å². The van der Waals surface area contributed by atoms with Crippen LogP contribution in [-0.4, -0.2) is 25.9 Å². The average molecular weight is 258 g/mol. The van der Waals surface area contributed by atoms with Crippen LogP contribution in [0.3, 0.4) is 0 Å². The topological polar surface area (TPSA) is 52.8 Å². The number of nitrogens with zero attached hydrogens (tertiary/aromatic N) is 4. The Morgan fingerprint density at radius 1 is 1.26 bits per heavy atom. The van der Waals surface area contributed by atoms with Gasteiger partial charge in [0, 0.05) is 18.0 Å². The van der Waals surface area contributed by atoms with Crippen LogP contribution in [0.5, 0.6) is 0 Å². The summed E-state index contributed by atoms with van der Waals surface area (Å²) in [5.41, 5.74) is 1.88. The van der Waals surface area contributed by atoms with Crippen LogP contribution in [-0.2, 0) is 11.5 Å². The Kier molecular flexibility index (Phi) is 3.83. The van der Waals surface area contributed by atoms with Crippen LogP contribution in [0.2, 0.25) is 0 Å². The molecule has 5 nitrogen and oxygen atoms in total. The summed E-state index contributed by atoms with van der Waals surface area (Å²) in [6.45, 7) is 0.524. The van der Waals surface area contributed by atoms with Crippen LogP contribution in [0.15, 0.2) is 31.0 Å².